The van der Waals surface area contributed by atoms with Crippen molar-refractivity contribution in [2.45, 2.75) is 26.1 Å². The van der Waals surface area contributed by atoms with Gasteiger partial charge in [0.15, 0.2) is 0 Å². The van der Waals surface area contributed by atoms with Gasteiger partial charge in [-0.3, -0.25) is 9.59 Å². The summed E-state index contributed by atoms with van der Waals surface area (Å²) in [6.07, 6.45) is -2.37. The highest BCUT2D eigenvalue weighted by Crippen LogP contribution is 2.18. The Bertz CT molecular complexity index is 483. The molecule has 0 radical (unpaired) electrons. The van der Waals surface area contributed by atoms with E-state index >= 15 is 0 Å². The second kappa shape index (κ2) is 6.44. The molecule has 112 valence electrons. The van der Waals surface area contributed by atoms with E-state index in [1.165, 1.54) is 16.7 Å². The fourth-order valence-corrected chi connectivity index (χ4v) is 1.79. The van der Waals surface area contributed by atoms with Gasteiger partial charge in [0.25, 0.3) is 5.91 Å². The summed E-state index contributed by atoms with van der Waals surface area (Å²) in [6.45, 7) is -0.245. The van der Waals surface area contributed by atoms with Crippen molar-refractivity contribution in [3.05, 3.63) is 24.0 Å². The van der Waals surface area contributed by atoms with Crippen LogP contribution in [0.3, 0.4) is 0 Å². The Kier molecular flexibility index (Phi) is 5.18. The zero-order valence-corrected chi connectivity index (χ0v) is 10.9. The lowest BCUT2D eigenvalue weighted by Crippen LogP contribution is -2.42. The van der Waals surface area contributed by atoms with Gasteiger partial charge < -0.3 is 14.6 Å². The summed E-state index contributed by atoms with van der Waals surface area (Å²) in [6, 6.07) is 2.92. The maximum absolute atomic E-state index is 12.4. The topological polar surface area (TPSA) is 62.5 Å². The summed E-state index contributed by atoms with van der Waals surface area (Å²) in [5.74, 6) is -2.43. The predicted octanol–water partition coefficient (Wildman–Crippen LogP) is 1.99. The molecule has 0 fully saturated rings. The number of halogens is 3. The predicted molar refractivity (Wildman–Crippen MR) is 64.3 cm³/mol. The lowest BCUT2D eigenvalue weighted by Gasteiger charge is -2.22. The summed E-state index contributed by atoms with van der Waals surface area (Å²) in [4.78, 5) is 23.0. The minimum atomic E-state index is -4.65. The third-order valence-electron chi connectivity index (χ3n) is 2.50. The fourth-order valence-electron chi connectivity index (χ4n) is 1.79. The van der Waals surface area contributed by atoms with E-state index in [0.717, 1.165) is 0 Å². The van der Waals surface area contributed by atoms with Gasteiger partial charge in [0.2, 0.25) is 0 Å². The molecule has 1 aromatic heterocycles. The van der Waals surface area contributed by atoms with E-state index in [0.29, 0.717) is 13.0 Å². The maximum Gasteiger partial charge on any atom is 0.406 e. The van der Waals surface area contributed by atoms with E-state index < -0.39 is 31.1 Å². The first-order valence-electron chi connectivity index (χ1n) is 5.97. The van der Waals surface area contributed by atoms with E-state index in [9.17, 15) is 22.8 Å². The van der Waals surface area contributed by atoms with Crippen molar-refractivity contribution in [3.8, 4) is 0 Å². The third-order valence-corrected chi connectivity index (χ3v) is 2.50. The normalized spacial score (nSPS) is 11.4. The van der Waals surface area contributed by atoms with Gasteiger partial charge in [-0.25, -0.2) is 0 Å². The molecule has 0 aliphatic rings. The van der Waals surface area contributed by atoms with Crippen LogP contribution < -0.4 is 0 Å². The summed E-state index contributed by atoms with van der Waals surface area (Å²) in [5, 5.41) is 8.63. The van der Waals surface area contributed by atoms with Crippen LogP contribution >= 0.6 is 0 Å². The van der Waals surface area contributed by atoms with Crippen LogP contribution in [0.15, 0.2) is 18.3 Å². The van der Waals surface area contributed by atoms with Crippen LogP contribution in [0.25, 0.3) is 0 Å². The molecule has 1 heterocycles. The maximum atomic E-state index is 12.4. The van der Waals surface area contributed by atoms with Crippen LogP contribution in [0.4, 0.5) is 13.2 Å². The molecular weight excluding hydrogens is 277 g/mol. The van der Waals surface area contributed by atoms with E-state index in [-0.39, 0.29) is 10.6 Å². The average Bonchev–Trinajstić information content (AvgIpc) is 2.73. The summed E-state index contributed by atoms with van der Waals surface area (Å²) < 4.78 is 38.7. The van der Waals surface area contributed by atoms with Crippen LogP contribution in [0.5, 0.6) is 0 Å². The van der Waals surface area contributed by atoms with Gasteiger partial charge in [-0.15, -0.1) is 0 Å². The van der Waals surface area contributed by atoms with Crippen LogP contribution in [0, 0.1) is 0 Å². The molecular formula is C12H15F3N2O3. The number of aryl methyl sites for hydroxylation is 1. The number of carboxylic acids is 1. The third kappa shape index (κ3) is 4.60. The Morgan fingerprint density at radius 2 is 2.05 bits per heavy atom. The Balaban J connectivity index is 2.97. The number of carbonyl (C=O) groups excluding carboxylic acids is 1. The van der Waals surface area contributed by atoms with E-state index in [2.05, 4.69) is 0 Å². The molecule has 0 unspecified atom stereocenters. The summed E-state index contributed by atoms with van der Waals surface area (Å²) in [5.41, 5.74) is 0.0531. The van der Waals surface area contributed by atoms with Crippen molar-refractivity contribution in [3.63, 3.8) is 0 Å². The van der Waals surface area contributed by atoms with Crippen LogP contribution in [0.2, 0.25) is 0 Å². The minimum absolute atomic E-state index is 0.0531. The highest BCUT2D eigenvalue weighted by Gasteiger charge is 2.34. The molecule has 20 heavy (non-hydrogen) atoms. The number of carboxylic acid groups (broad SMARTS) is 1. The number of hydrogen-bond acceptors (Lipinski definition) is 2. The Morgan fingerprint density at radius 1 is 1.40 bits per heavy atom. The molecule has 1 rings (SSSR count). The number of hydrogen-bond donors (Lipinski definition) is 1. The zero-order valence-electron chi connectivity index (χ0n) is 10.9. The first kappa shape index (κ1) is 16.1. The number of carbonyl (C=O) groups is 2. The molecule has 0 atom stereocenters. The van der Waals surface area contributed by atoms with Gasteiger partial charge in [0, 0.05) is 12.7 Å². The Labute approximate surface area is 113 Å². The number of amides is 1. The molecule has 1 N–H and O–H groups in total. The smallest absolute Gasteiger partial charge is 0.406 e. The molecule has 0 saturated carbocycles. The summed E-state index contributed by atoms with van der Waals surface area (Å²) in [7, 11) is 0. The van der Waals surface area contributed by atoms with Gasteiger partial charge in [-0.1, -0.05) is 6.92 Å². The van der Waals surface area contributed by atoms with Gasteiger partial charge >= 0.3 is 12.1 Å². The van der Waals surface area contributed by atoms with Crippen molar-refractivity contribution in [1.29, 1.82) is 0 Å². The standard InChI is InChI=1S/C12H15F3N2O3/c1-2-5-16-6-3-4-9(16)11(20)17(7-10(18)19)8-12(13,14)15/h3-4,6H,2,5,7-8H2,1H3,(H,18,19). The number of nitrogens with zero attached hydrogens (tertiary/aromatic N) is 2. The second-order valence-electron chi connectivity index (χ2n) is 4.26. The van der Waals surface area contributed by atoms with Crippen molar-refractivity contribution in [2.24, 2.45) is 0 Å². The highest BCUT2D eigenvalue weighted by atomic mass is 19.4. The average molecular weight is 292 g/mol. The lowest BCUT2D eigenvalue weighted by atomic mass is 10.3. The van der Waals surface area contributed by atoms with Crippen LogP contribution in [-0.4, -0.2) is 45.7 Å². The largest absolute Gasteiger partial charge is 0.480 e. The van der Waals surface area contributed by atoms with Gasteiger partial charge in [0.1, 0.15) is 18.8 Å². The highest BCUT2D eigenvalue weighted by molar-refractivity contribution is 5.94. The monoisotopic (exact) mass is 292 g/mol. The SMILES string of the molecule is CCCn1cccc1C(=O)N(CC(=O)O)CC(F)(F)F. The second-order valence-corrected chi connectivity index (χ2v) is 4.26. The molecule has 0 aliphatic heterocycles. The van der Waals surface area contributed by atoms with E-state index in [1.54, 1.807) is 6.20 Å². The number of alkyl halides is 3. The number of rotatable bonds is 6. The molecule has 5 nitrogen and oxygen atoms in total. The van der Waals surface area contributed by atoms with Crippen molar-refractivity contribution >= 4 is 11.9 Å². The number of aliphatic carboxylic acids is 1. The number of aromatic nitrogens is 1. The van der Waals surface area contributed by atoms with Gasteiger partial charge in [-0.2, -0.15) is 13.2 Å². The molecule has 0 aliphatic carbocycles. The molecule has 0 spiro atoms. The van der Waals surface area contributed by atoms with Gasteiger partial charge in [-0.05, 0) is 18.6 Å². The van der Waals surface area contributed by atoms with Crippen LogP contribution in [-0.2, 0) is 11.3 Å². The van der Waals surface area contributed by atoms with Gasteiger partial charge in [0.05, 0.1) is 0 Å². The Morgan fingerprint density at radius 3 is 2.55 bits per heavy atom. The fraction of sp³-hybridized carbons (Fsp3) is 0.500. The lowest BCUT2D eigenvalue weighted by molar-refractivity contribution is -0.149. The zero-order chi connectivity index (χ0) is 15.3. The molecule has 1 amide bonds. The van der Waals surface area contributed by atoms with Crippen molar-refractivity contribution < 1.29 is 27.9 Å². The minimum Gasteiger partial charge on any atom is -0.480 e. The first-order valence-corrected chi connectivity index (χ1v) is 5.97. The van der Waals surface area contributed by atoms with E-state index in [4.69, 9.17) is 5.11 Å². The molecule has 0 saturated heterocycles. The van der Waals surface area contributed by atoms with Crippen molar-refractivity contribution in [2.75, 3.05) is 13.1 Å². The van der Waals surface area contributed by atoms with E-state index in [1.807, 2.05) is 6.92 Å². The van der Waals surface area contributed by atoms with Crippen LogP contribution in [0.1, 0.15) is 23.8 Å². The van der Waals surface area contributed by atoms with Crippen molar-refractivity contribution in [1.82, 2.24) is 9.47 Å². The molecule has 0 aromatic carbocycles. The quantitative estimate of drug-likeness (QED) is 0.872. The first-order chi connectivity index (χ1) is 9.24. The summed E-state index contributed by atoms with van der Waals surface area (Å²) >= 11 is 0. The molecule has 0 bridgehead atoms. The molecule has 8 heteroatoms. The Hall–Kier alpha value is -1.99. The molecule has 1 aromatic rings.